The van der Waals surface area contributed by atoms with E-state index in [4.69, 9.17) is 4.74 Å². The third-order valence-corrected chi connectivity index (χ3v) is 2.21. The van der Waals surface area contributed by atoms with Gasteiger partial charge in [-0.15, -0.1) is 0 Å². The van der Waals surface area contributed by atoms with Crippen LogP contribution in [0.1, 0.15) is 5.56 Å². The zero-order valence-corrected chi connectivity index (χ0v) is 10.4. The summed E-state index contributed by atoms with van der Waals surface area (Å²) in [6.45, 7) is 0.697. The Morgan fingerprint density at radius 1 is 1.26 bits per heavy atom. The number of amides is 1. The lowest BCUT2D eigenvalue weighted by Crippen LogP contribution is -2.34. The second-order valence-corrected chi connectivity index (χ2v) is 3.75. The minimum Gasteiger partial charge on any atom is -0.492 e. The van der Waals surface area contributed by atoms with Crippen LogP contribution in [0.5, 0.6) is 5.75 Å². The lowest BCUT2D eigenvalue weighted by Gasteiger charge is -2.09. The summed E-state index contributed by atoms with van der Waals surface area (Å²) in [5.74, 6) is 0.161. The quantitative estimate of drug-likeness (QED) is 0.773. The number of carbonyl (C=O) groups excluding carboxylic acids is 1. The fourth-order valence-corrected chi connectivity index (χ4v) is 1.32. The molecule has 1 aromatic carbocycles. The maximum Gasteiger partial charge on any atom is 0.416 e. The van der Waals surface area contributed by atoms with E-state index in [0.717, 1.165) is 12.1 Å². The highest BCUT2D eigenvalue weighted by molar-refractivity contribution is 5.77. The van der Waals surface area contributed by atoms with E-state index >= 15 is 0 Å². The number of benzene rings is 1. The van der Waals surface area contributed by atoms with E-state index in [1.165, 1.54) is 12.1 Å². The van der Waals surface area contributed by atoms with Gasteiger partial charge in [0.15, 0.2) is 0 Å². The Labute approximate surface area is 108 Å². The van der Waals surface area contributed by atoms with Crippen molar-refractivity contribution >= 4 is 5.91 Å². The molecule has 0 spiro atoms. The molecule has 19 heavy (non-hydrogen) atoms. The van der Waals surface area contributed by atoms with Gasteiger partial charge in [0.2, 0.25) is 5.91 Å². The van der Waals surface area contributed by atoms with Crippen molar-refractivity contribution in [3.63, 3.8) is 0 Å². The predicted molar refractivity (Wildman–Crippen MR) is 63.9 cm³/mol. The molecule has 1 rings (SSSR count). The minimum atomic E-state index is -4.35. The van der Waals surface area contributed by atoms with E-state index in [0.29, 0.717) is 12.3 Å². The Hall–Kier alpha value is -1.76. The molecule has 4 nitrogen and oxygen atoms in total. The molecule has 7 heteroatoms. The standard InChI is InChI=1S/C12H15F3N2O2/c1-16-8-11(18)17-6-7-19-10-4-2-9(3-5-10)12(13,14)15/h2-5,16H,6-8H2,1H3,(H,17,18). The van der Waals surface area contributed by atoms with Crippen LogP contribution in [0.15, 0.2) is 24.3 Å². The van der Waals surface area contributed by atoms with Crippen LogP contribution in [0.3, 0.4) is 0 Å². The van der Waals surface area contributed by atoms with Gasteiger partial charge >= 0.3 is 6.18 Å². The largest absolute Gasteiger partial charge is 0.492 e. The van der Waals surface area contributed by atoms with Gasteiger partial charge in [-0.25, -0.2) is 0 Å². The van der Waals surface area contributed by atoms with E-state index in [1.807, 2.05) is 0 Å². The van der Waals surface area contributed by atoms with Crippen molar-refractivity contribution < 1.29 is 22.7 Å². The van der Waals surface area contributed by atoms with Crippen molar-refractivity contribution in [2.24, 2.45) is 0 Å². The number of rotatable bonds is 6. The molecule has 2 N–H and O–H groups in total. The smallest absolute Gasteiger partial charge is 0.416 e. The van der Waals surface area contributed by atoms with Crippen molar-refractivity contribution in [2.75, 3.05) is 26.7 Å². The molecule has 0 radical (unpaired) electrons. The number of hydrogen-bond donors (Lipinski definition) is 2. The molecule has 0 aromatic heterocycles. The molecule has 0 unspecified atom stereocenters. The Balaban J connectivity index is 2.33. The first-order chi connectivity index (χ1) is 8.93. The fraction of sp³-hybridized carbons (Fsp3) is 0.417. The number of carbonyl (C=O) groups is 1. The van der Waals surface area contributed by atoms with Gasteiger partial charge in [-0.2, -0.15) is 13.2 Å². The van der Waals surface area contributed by atoms with Crippen LogP contribution < -0.4 is 15.4 Å². The van der Waals surface area contributed by atoms with Crippen LogP contribution in [0.2, 0.25) is 0 Å². The van der Waals surface area contributed by atoms with Gasteiger partial charge in [-0.05, 0) is 31.3 Å². The predicted octanol–water partition coefficient (Wildman–Crippen LogP) is 1.42. The van der Waals surface area contributed by atoms with Crippen molar-refractivity contribution in [3.05, 3.63) is 29.8 Å². The highest BCUT2D eigenvalue weighted by Gasteiger charge is 2.29. The number of likely N-dealkylation sites (N-methyl/N-ethyl adjacent to an activating group) is 1. The molecule has 1 aromatic rings. The average molecular weight is 276 g/mol. The van der Waals surface area contributed by atoms with Gasteiger partial charge in [0, 0.05) is 0 Å². The molecule has 0 aliphatic rings. The van der Waals surface area contributed by atoms with Crippen LogP contribution in [0, 0.1) is 0 Å². The highest BCUT2D eigenvalue weighted by atomic mass is 19.4. The molecular formula is C12H15F3N2O2. The molecule has 106 valence electrons. The summed E-state index contributed by atoms with van der Waals surface area (Å²) < 4.78 is 42.1. The number of alkyl halides is 3. The monoisotopic (exact) mass is 276 g/mol. The van der Waals surface area contributed by atoms with Crippen LogP contribution in [0.4, 0.5) is 13.2 Å². The van der Waals surface area contributed by atoms with Gasteiger partial charge in [-0.1, -0.05) is 0 Å². The first-order valence-electron chi connectivity index (χ1n) is 5.65. The summed E-state index contributed by atoms with van der Waals surface area (Å²) in [5, 5.41) is 5.27. The molecule has 0 heterocycles. The first-order valence-corrected chi connectivity index (χ1v) is 5.65. The Morgan fingerprint density at radius 3 is 2.42 bits per heavy atom. The van der Waals surface area contributed by atoms with Crippen LogP contribution in [0.25, 0.3) is 0 Å². The van der Waals surface area contributed by atoms with E-state index in [9.17, 15) is 18.0 Å². The summed E-state index contributed by atoms with van der Waals surface area (Å²) >= 11 is 0. The third-order valence-electron chi connectivity index (χ3n) is 2.21. The molecule has 0 saturated heterocycles. The van der Waals surface area contributed by atoms with E-state index < -0.39 is 11.7 Å². The van der Waals surface area contributed by atoms with Gasteiger partial charge in [-0.3, -0.25) is 4.79 Å². The Morgan fingerprint density at radius 2 is 1.89 bits per heavy atom. The summed E-state index contributed by atoms with van der Waals surface area (Å²) in [4.78, 5) is 11.1. The SMILES string of the molecule is CNCC(=O)NCCOc1ccc(C(F)(F)F)cc1. The van der Waals surface area contributed by atoms with Gasteiger partial charge in [0.05, 0.1) is 18.7 Å². The van der Waals surface area contributed by atoms with Gasteiger partial charge in [0.25, 0.3) is 0 Å². The normalized spacial score (nSPS) is 11.2. The second kappa shape index (κ2) is 6.98. The molecule has 0 atom stereocenters. The van der Waals surface area contributed by atoms with E-state index in [2.05, 4.69) is 10.6 Å². The van der Waals surface area contributed by atoms with Crippen molar-refractivity contribution in [1.82, 2.24) is 10.6 Å². The average Bonchev–Trinajstić information content (AvgIpc) is 2.34. The Bertz CT molecular complexity index is 404. The molecule has 0 saturated carbocycles. The lowest BCUT2D eigenvalue weighted by atomic mass is 10.2. The highest BCUT2D eigenvalue weighted by Crippen LogP contribution is 2.30. The molecule has 0 fully saturated rings. The van der Waals surface area contributed by atoms with Crippen molar-refractivity contribution in [1.29, 1.82) is 0 Å². The van der Waals surface area contributed by atoms with Crippen molar-refractivity contribution in [2.45, 2.75) is 6.18 Å². The number of nitrogens with one attached hydrogen (secondary N) is 2. The third kappa shape index (κ3) is 5.60. The van der Waals surface area contributed by atoms with E-state index in [-0.39, 0.29) is 19.1 Å². The van der Waals surface area contributed by atoms with Crippen LogP contribution in [-0.4, -0.2) is 32.7 Å². The van der Waals surface area contributed by atoms with E-state index in [1.54, 1.807) is 7.05 Å². The number of ether oxygens (including phenoxy) is 1. The second-order valence-electron chi connectivity index (χ2n) is 3.75. The van der Waals surface area contributed by atoms with Gasteiger partial charge < -0.3 is 15.4 Å². The Kier molecular flexibility index (Phi) is 5.62. The summed E-state index contributed by atoms with van der Waals surface area (Å²) in [7, 11) is 1.65. The first kappa shape index (κ1) is 15.3. The molecular weight excluding hydrogens is 261 g/mol. The topological polar surface area (TPSA) is 50.4 Å². The number of halogens is 3. The summed E-state index contributed by atoms with van der Waals surface area (Å²) in [6.07, 6.45) is -4.35. The molecule has 0 aliphatic carbocycles. The lowest BCUT2D eigenvalue weighted by molar-refractivity contribution is -0.137. The summed E-state index contributed by atoms with van der Waals surface area (Å²) in [5.41, 5.74) is -0.720. The van der Waals surface area contributed by atoms with Crippen LogP contribution >= 0.6 is 0 Å². The van der Waals surface area contributed by atoms with Gasteiger partial charge in [0.1, 0.15) is 12.4 Å². The zero-order chi connectivity index (χ0) is 14.3. The molecule has 0 aliphatic heterocycles. The molecule has 1 amide bonds. The maximum absolute atomic E-state index is 12.3. The minimum absolute atomic E-state index is 0.168. The van der Waals surface area contributed by atoms with Crippen LogP contribution in [-0.2, 0) is 11.0 Å². The summed E-state index contributed by atoms with van der Waals surface area (Å²) in [6, 6.07) is 4.40. The molecule has 0 bridgehead atoms. The van der Waals surface area contributed by atoms with Crippen molar-refractivity contribution in [3.8, 4) is 5.75 Å². The fourth-order valence-electron chi connectivity index (χ4n) is 1.32. The number of hydrogen-bond acceptors (Lipinski definition) is 3. The maximum atomic E-state index is 12.3. The zero-order valence-electron chi connectivity index (χ0n) is 10.4.